The molecular weight excluding hydrogens is 245 g/mol. The van der Waals surface area contributed by atoms with E-state index < -0.39 is 20.0 Å². The predicted octanol–water partition coefficient (Wildman–Crippen LogP) is 5.37. The van der Waals surface area contributed by atoms with Gasteiger partial charge < -0.3 is 0 Å². The zero-order valence-corrected chi connectivity index (χ0v) is 6.12. The first-order valence-electron chi connectivity index (χ1n) is 2.02. The monoisotopic (exact) mass is 245 g/mol. The molecule has 0 saturated heterocycles. The number of hydrogen-bond acceptors (Lipinski definition) is 0. The summed E-state index contributed by atoms with van der Waals surface area (Å²) in [5.41, 5.74) is 0. The Morgan fingerprint density at radius 1 is 0.538 bits per heavy atom. The van der Waals surface area contributed by atoms with Gasteiger partial charge in [-0.25, -0.2) is 0 Å². The van der Waals surface area contributed by atoms with Gasteiger partial charge in [-0.3, -0.25) is 0 Å². The van der Waals surface area contributed by atoms with E-state index in [0.717, 1.165) is 0 Å². The van der Waals surface area contributed by atoms with E-state index in [1.54, 1.807) is 0 Å². The fraction of sp³-hybridized carbons (Fsp3) is 0. The van der Waals surface area contributed by atoms with Crippen molar-refractivity contribution in [1.82, 2.24) is 0 Å². The molecule has 84 valence electrons. The van der Waals surface area contributed by atoms with Crippen molar-refractivity contribution >= 4 is 7.81 Å². The van der Waals surface area contributed by atoms with Crippen molar-refractivity contribution in [3.8, 4) is 0 Å². The summed E-state index contributed by atoms with van der Waals surface area (Å²) in [6.45, 7) is 0. The van der Waals surface area contributed by atoms with Gasteiger partial charge in [-0.2, -0.15) is 17.6 Å². The molecule has 0 saturated carbocycles. The molecule has 0 aliphatic carbocycles. The van der Waals surface area contributed by atoms with Crippen LogP contribution in [-0.4, -0.2) is 0 Å². The summed E-state index contributed by atoms with van der Waals surface area (Å²) in [5, 5.41) is 0. The predicted molar refractivity (Wildman–Crippen MR) is 25.0 cm³/mol. The Labute approximate surface area is 64.1 Å². The second-order valence-electron chi connectivity index (χ2n) is 1.48. The number of hydrogen-bond donors (Lipinski definition) is 0. The van der Waals surface area contributed by atoms with Crippen LogP contribution in [0.25, 0.3) is 0 Å². The fourth-order valence-electron chi connectivity index (χ4n) is 0. The van der Waals surface area contributed by atoms with Gasteiger partial charge in [0.2, 0.25) is 0 Å². The summed E-state index contributed by atoms with van der Waals surface area (Å²) in [6.07, 6.45) is -5.81. The van der Waals surface area contributed by atoms with E-state index >= 15 is 0 Å². The van der Waals surface area contributed by atoms with E-state index in [9.17, 15) is 42.7 Å². The third-order valence-corrected chi connectivity index (χ3v) is 0.143. The van der Waals surface area contributed by atoms with E-state index in [4.69, 9.17) is 0 Å². The molecule has 13 heavy (non-hydrogen) atoms. The third-order valence-electron chi connectivity index (χ3n) is 0.143. The summed E-state index contributed by atoms with van der Waals surface area (Å²) in [4.78, 5) is 0. The molecule has 0 spiro atoms. The van der Waals surface area contributed by atoms with E-state index in [1.807, 2.05) is 0 Å². The minimum atomic E-state index is -10.7. The fourth-order valence-corrected chi connectivity index (χ4v) is 0. The molecule has 0 aliphatic rings. The van der Waals surface area contributed by atoms with Crippen LogP contribution in [0.5, 0.6) is 0 Å². The molecule has 0 N–H and O–H groups in total. The van der Waals surface area contributed by atoms with Crippen molar-refractivity contribution in [1.29, 1.82) is 0 Å². The second-order valence-corrected chi connectivity index (χ2v) is 3.40. The van der Waals surface area contributed by atoms with Crippen LogP contribution in [0.4, 0.5) is 42.7 Å². The molecule has 0 fully saturated rings. The van der Waals surface area contributed by atoms with Crippen molar-refractivity contribution in [2.45, 2.75) is 0 Å². The van der Waals surface area contributed by atoms with Crippen LogP contribution in [0.1, 0.15) is 0 Å². The van der Waals surface area contributed by atoms with Gasteiger partial charge in [-0.1, -0.05) is 0 Å². The zero-order valence-electron chi connectivity index (χ0n) is 5.23. The van der Waals surface area contributed by atoms with E-state index in [1.165, 1.54) is 0 Å². The van der Waals surface area contributed by atoms with Crippen LogP contribution in [0.15, 0.2) is 12.2 Å². The topological polar surface area (TPSA) is 0 Å². The first kappa shape index (κ1) is 15.0. The minimum absolute atomic E-state index is 2.91. The van der Waals surface area contributed by atoms with Crippen molar-refractivity contribution in [3.05, 3.63) is 12.2 Å². The summed E-state index contributed by atoms with van der Waals surface area (Å²) >= 11 is 0. The maximum absolute atomic E-state index is 10.7. The normalized spacial score (nSPS) is 16.2. The third kappa shape index (κ3) is 85.4. The summed E-state index contributed by atoms with van der Waals surface area (Å²) in [6, 6.07) is 0. The summed E-state index contributed by atoms with van der Waals surface area (Å²) in [5.74, 6) is 0. The van der Waals surface area contributed by atoms with Gasteiger partial charge >= 0.3 is 45.2 Å². The van der Waals surface area contributed by atoms with Crippen molar-refractivity contribution < 1.29 is 42.7 Å². The quantitative estimate of drug-likeness (QED) is 0.397. The summed E-state index contributed by atoms with van der Waals surface area (Å²) < 4.78 is 100. The molecule has 0 radical (unpaired) electrons. The molecule has 0 unspecified atom stereocenters. The van der Waals surface area contributed by atoms with Crippen LogP contribution in [-0.2, 0) is 0 Å². The Balaban J connectivity index is 0. The molecule has 0 amide bonds. The van der Waals surface area contributed by atoms with E-state index in [0.29, 0.717) is 0 Å². The van der Waals surface area contributed by atoms with Gasteiger partial charge in [0.1, 0.15) is 0 Å². The van der Waals surface area contributed by atoms with Gasteiger partial charge in [0.05, 0.1) is 0 Å². The Kier molecular flexibility index (Phi) is 3.45. The average Bonchev–Trinajstić information content (AvgIpc) is 1.54. The summed E-state index contributed by atoms with van der Waals surface area (Å²) in [7, 11) is -10.7. The molecule has 0 aliphatic heterocycles. The second kappa shape index (κ2) is 3.00. The maximum atomic E-state index is 10.3. The molecular formula is C2F10P-. The van der Waals surface area contributed by atoms with Gasteiger partial charge in [-0.15, -0.1) is 0 Å². The molecule has 0 rings (SSSR count). The van der Waals surface area contributed by atoms with Gasteiger partial charge in [0.25, 0.3) is 0 Å². The van der Waals surface area contributed by atoms with Crippen molar-refractivity contribution in [3.63, 3.8) is 0 Å². The number of rotatable bonds is 0. The molecule has 0 nitrogen and oxygen atoms in total. The Morgan fingerprint density at radius 2 is 0.615 bits per heavy atom. The van der Waals surface area contributed by atoms with Crippen LogP contribution < -0.4 is 0 Å². The van der Waals surface area contributed by atoms with E-state index in [2.05, 4.69) is 0 Å². The first-order valence-corrected chi connectivity index (χ1v) is 4.05. The van der Waals surface area contributed by atoms with Gasteiger partial charge in [0.15, 0.2) is 0 Å². The van der Waals surface area contributed by atoms with Gasteiger partial charge in [0, 0.05) is 0 Å². The van der Waals surface area contributed by atoms with Crippen LogP contribution in [0.3, 0.4) is 0 Å². The molecule has 11 heteroatoms. The number of halogens is 10. The van der Waals surface area contributed by atoms with Crippen LogP contribution in [0.2, 0.25) is 0 Å². The van der Waals surface area contributed by atoms with E-state index in [-0.39, 0.29) is 0 Å². The Bertz CT molecular complexity index is 173. The molecule has 0 heterocycles. The molecule has 0 aromatic rings. The zero-order chi connectivity index (χ0) is 11.6. The first-order chi connectivity index (χ1) is 5.09. The van der Waals surface area contributed by atoms with Gasteiger partial charge in [-0.05, 0) is 0 Å². The van der Waals surface area contributed by atoms with Crippen molar-refractivity contribution in [2.75, 3.05) is 0 Å². The molecule has 0 atom stereocenters. The van der Waals surface area contributed by atoms with Crippen LogP contribution >= 0.6 is 7.81 Å². The van der Waals surface area contributed by atoms with Crippen molar-refractivity contribution in [2.24, 2.45) is 0 Å². The SMILES string of the molecule is FC(F)=C(F)F.F[P-](F)(F)(F)(F)F. The molecule has 0 aromatic carbocycles. The Morgan fingerprint density at radius 3 is 0.615 bits per heavy atom. The molecule has 0 bridgehead atoms. The average molecular weight is 245 g/mol. The van der Waals surface area contributed by atoms with Crippen LogP contribution in [0, 0.1) is 0 Å². The Hall–Kier alpha value is -0.530. The molecule has 0 aromatic heterocycles. The standard InChI is InChI=1S/C2F4.F6P/c3-1(4)2(5)6;1-7(2,3,4,5)6/q;-1.